The van der Waals surface area contributed by atoms with Crippen LogP contribution in [0.3, 0.4) is 0 Å². The number of pyridine rings is 2. The van der Waals surface area contributed by atoms with Crippen LogP contribution in [0, 0.1) is 0 Å². The van der Waals surface area contributed by atoms with Crippen molar-refractivity contribution in [3.63, 3.8) is 0 Å². The molecule has 0 saturated heterocycles. The molecule has 0 aliphatic heterocycles. The molecule has 21 heavy (non-hydrogen) atoms. The number of nitrogens with zero attached hydrogens (tertiary/aromatic N) is 2. The van der Waals surface area contributed by atoms with Gasteiger partial charge in [-0.25, -0.2) is 18.1 Å². The van der Waals surface area contributed by atoms with Crippen LogP contribution in [0.15, 0.2) is 41.6 Å². The highest BCUT2D eigenvalue weighted by Crippen LogP contribution is 2.13. The molecule has 0 aliphatic carbocycles. The van der Waals surface area contributed by atoms with Gasteiger partial charge in [-0.2, -0.15) is 0 Å². The van der Waals surface area contributed by atoms with E-state index < -0.39 is 10.0 Å². The third kappa shape index (κ3) is 3.77. The first-order valence-electron chi connectivity index (χ1n) is 6.63. The molecular formula is C14H18N4O2S. The predicted octanol–water partition coefficient (Wildman–Crippen LogP) is 1.56. The van der Waals surface area contributed by atoms with E-state index >= 15 is 0 Å². The number of hydrogen-bond acceptors (Lipinski definition) is 5. The average molecular weight is 306 g/mol. The van der Waals surface area contributed by atoms with Crippen LogP contribution < -0.4 is 10.0 Å². The molecule has 0 unspecified atom stereocenters. The second kappa shape index (κ2) is 6.64. The van der Waals surface area contributed by atoms with E-state index in [-0.39, 0.29) is 11.4 Å². The summed E-state index contributed by atoms with van der Waals surface area (Å²) in [5.74, 6) is 0.505. The third-order valence-corrected chi connectivity index (χ3v) is 4.49. The first-order chi connectivity index (χ1) is 10.1. The van der Waals surface area contributed by atoms with E-state index in [1.54, 1.807) is 13.2 Å². The molecule has 0 fully saturated rings. The Morgan fingerprint density at radius 3 is 2.71 bits per heavy atom. The van der Waals surface area contributed by atoms with Gasteiger partial charge in [-0.05, 0) is 24.1 Å². The fourth-order valence-corrected chi connectivity index (χ4v) is 2.91. The average Bonchev–Trinajstić information content (AvgIpc) is 2.53. The number of rotatable bonds is 6. The quantitative estimate of drug-likeness (QED) is 0.846. The van der Waals surface area contributed by atoms with Crippen molar-refractivity contribution < 1.29 is 8.42 Å². The molecule has 2 heterocycles. The lowest BCUT2D eigenvalue weighted by Crippen LogP contribution is -2.24. The van der Waals surface area contributed by atoms with Gasteiger partial charge in [0.05, 0.1) is 17.1 Å². The van der Waals surface area contributed by atoms with Crippen LogP contribution in [0.2, 0.25) is 0 Å². The number of aromatic nitrogens is 2. The number of hydrogen-bond donors (Lipinski definition) is 2. The van der Waals surface area contributed by atoms with E-state index in [0.29, 0.717) is 5.82 Å². The molecule has 2 rings (SSSR count). The lowest BCUT2D eigenvalue weighted by atomic mass is 10.1. The van der Waals surface area contributed by atoms with Gasteiger partial charge in [0, 0.05) is 25.5 Å². The van der Waals surface area contributed by atoms with E-state index in [4.69, 9.17) is 0 Å². The molecule has 2 N–H and O–H groups in total. The van der Waals surface area contributed by atoms with Crippen LogP contribution in [0.4, 0.5) is 5.82 Å². The zero-order valence-electron chi connectivity index (χ0n) is 12.0. The van der Waals surface area contributed by atoms with E-state index in [1.807, 2.05) is 19.1 Å². The molecule has 0 aliphatic rings. The fraction of sp³-hybridized carbons (Fsp3) is 0.286. The van der Waals surface area contributed by atoms with E-state index in [2.05, 4.69) is 20.0 Å². The van der Waals surface area contributed by atoms with E-state index in [9.17, 15) is 8.42 Å². The highest BCUT2D eigenvalue weighted by molar-refractivity contribution is 7.89. The Morgan fingerprint density at radius 2 is 2.00 bits per heavy atom. The van der Waals surface area contributed by atoms with Gasteiger partial charge in [0.25, 0.3) is 0 Å². The molecule has 2 aromatic rings. The first-order valence-corrected chi connectivity index (χ1v) is 8.11. The Bertz CT molecular complexity index is 716. The Hall–Kier alpha value is -1.99. The summed E-state index contributed by atoms with van der Waals surface area (Å²) in [6, 6.07) is 6.74. The number of sulfonamides is 1. The van der Waals surface area contributed by atoms with Crippen molar-refractivity contribution in [3.05, 3.63) is 47.9 Å². The lowest BCUT2D eigenvalue weighted by Gasteiger charge is -2.09. The zero-order chi connectivity index (χ0) is 15.3. The van der Waals surface area contributed by atoms with Gasteiger partial charge in [0.15, 0.2) is 0 Å². The Labute approximate surface area is 124 Å². The summed E-state index contributed by atoms with van der Waals surface area (Å²) < 4.78 is 27.1. The maximum atomic E-state index is 12.3. The summed E-state index contributed by atoms with van der Waals surface area (Å²) in [5.41, 5.74) is 1.78. The van der Waals surface area contributed by atoms with Crippen LogP contribution in [0.1, 0.15) is 18.2 Å². The Morgan fingerprint density at radius 1 is 1.19 bits per heavy atom. The monoisotopic (exact) mass is 306 g/mol. The van der Waals surface area contributed by atoms with Gasteiger partial charge in [0.1, 0.15) is 5.82 Å². The molecule has 0 radical (unpaired) electrons. The number of aryl methyl sites for hydroxylation is 1. The minimum Gasteiger partial charge on any atom is -0.373 e. The van der Waals surface area contributed by atoms with Crippen molar-refractivity contribution in [1.29, 1.82) is 0 Å². The van der Waals surface area contributed by atoms with Crippen molar-refractivity contribution in [2.24, 2.45) is 0 Å². The number of anilines is 1. The molecule has 0 saturated carbocycles. The van der Waals surface area contributed by atoms with Crippen LogP contribution in [-0.2, 0) is 23.0 Å². The Kier molecular flexibility index (Phi) is 4.87. The summed E-state index contributed by atoms with van der Waals surface area (Å²) >= 11 is 0. The molecule has 2 aromatic heterocycles. The van der Waals surface area contributed by atoms with Crippen molar-refractivity contribution in [1.82, 2.24) is 14.7 Å². The van der Waals surface area contributed by atoms with Crippen LogP contribution in [0.25, 0.3) is 0 Å². The minimum absolute atomic E-state index is 0.170. The van der Waals surface area contributed by atoms with Crippen molar-refractivity contribution >= 4 is 15.8 Å². The second-order valence-corrected chi connectivity index (χ2v) is 6.18. The SMILES string of the molecule is CCc1cccnc1CNS(=O)(=O)c1ccnc(NC)c1. The van der Waals surface area contributed by atoms with Crippen LogP contribution in [0.5, 0.6) is 0 Å². The topological polar surface area (TPSA) is 84.0 Å². The molecule has 0 amide bonds. The third-order valence-electron chi connectivity index (χ3n) is 3.09. The Balaban J connectivity index is 2.18. The smallest absolute Gasteiger partial charge is 0.241 e. The van der Waals surface area contributed by atoms with Gasteiger partial charge < -0.3 is 5.32 Å². The van der Waals surface area contributed by atoms with Crippen LogP contribution >= 0.6 is 0 Å². The van der Waals surface area contributed by atoms with E-state index in [1.165, 1.54) is 18.3 Å². The normalized spacial score (nSPS) is 11.3. The maximum Gasteiger partial charge on any atom is 0.241 e. The standard InChI is InChI=1S/C14H18N4O2S/c1-3-11-5-4-7-16-13(11)10-18-21(19,20)12-6-8-17-14(9-12)15-2/h4-9,18H,3,10H2,1-2H3,(H,15,17). The van der Waals surface area contributed by atoms with Gasteiger partial charge in [-0.3, -0.25) is 4.98 Å². The molecular weight excluding hydrogens is 288 g/mol. The molecule has 0 bridgehead atoms. The summed E-state index contributed by atoms with van der Waals surface area (Å²) in [7, 11) is -1.90. The summed E-state index contributed by atoms with van der Waals surface area (Å²) in [5, 5.41) is 2.82. The zero-order valence-corrected chi connectivity index (χ0v) is 12.8. The van der Waals surface area contributed by atoms with Gasteiger partial charge in [0.2, 0.25) is 10.0 Å². The number of nitrogens with one attached hydrogen (secondary N) is 2. The lowest BCUT2D eigenvalue weighted by molar-refractivity contribution is 0.580. The molecule has 0 aromatic carbocycles. The molecule has 112 valence electrons. The van der Waals surface area contributed by atoms with Gasteiger partial charge in [-0.1, -0.05) is 13.0 Å². The van der Waals surface area contributed by atoms with Crippen molar-refractivity contribution in [3.8, 4) is 0 Å². The van der Waals surface area contributed by atoms with Crippen molar-refractivity contribution in [2.45, 2.75) is 24.8 Å². The van der Waals surface area contributed by atoms with Gasteiger partial charge in [-0.15, -0.1) is 0 Å². The highest BCUT2D eigenvalue weighted by Gasteiger charge is 2.15. The molecule has 0 atom stereocenters. The largest absolute Gasteiger partial charge is 0.373 e. The second-order valence-electron chi connectivity index (χ2n) is 4.41. The molecule has 6 nitrogen and oxygen atoms in total. The van der Waals surface area contributed by atoms with Crippen molar-refractivity contribution in [2.75, 3.05) is 12.4 Å². The molecule has 7 heteroatoms. The van der Waals surface area contributed by atoms with Crippen LogP contribution in [-0.4, -0.2) is 25.4 Å². The predicted molar refractivity (Wildman–Crippen MR) is 81.4 cm³/mol. The summed E-state index contributed by atoms with van der Waals surface area (Å²) in [6.45, 7) is 2.18. The van der Waals surface area contributed by atoms with Gasteiger partial charge >= 0.3 is 0 Å². The first kappa shape index (κ1) is 15.4. The van der Waals surface area contributed by atoms with E-state index in [0.717, 1.165) is 17.7 Å². The maximum absolute atomic E-state index is 12.3. The fourth-order valence-electron chi connectivity index (χ4n) is 1.91. The highest BCUT2D eigenvalue weighted by atomic mass is 32.2. The molecule has 0 spiro atoms. The minimum atomic E-state index is -3.59. The summed E-state index contributed by atoms with van der Waals surface area (Å²) in [4.78, 5) is 8.41. The summed E-state index contributed by atoms with van der Waals surface area (Å²) in [6.07, 6.45) is 3.93.